The monoisotopic (exact) mass is 368 g/mol. The third kappa shape index (κ3) is 2.76. The molecule has 0 spiro atoms. The van der Waals surface area contributed by atoms with E-state index in [4.69, 9.17) is 21.7 Å². The molecular weight excluding hydrogens is 351 g/mol. The van der Waals surface area contributed by atoms with Crippen LogP contribution in [0.15, 0.2) is 18.2 Å². The van der Waals surface area contributed by atoms with Gasteiger partial charge in [0.05, 0.1) is 23.4 Å². The highest BCUT2D eigenvalue weighted by atomic mass is 32.1. The molecule has 2 N–H and O–H groups in total. The number of carbonyl (C=O) groups is 2. The summed E-state index contributed by atoms with van der Waals surface area (Å²) >= 11 is 4.85. The minimum Gasteiger partial charge on any atom is -0.447 e. The third-order valence-electron chi connectivity index (χ3n) is 4.23. The highest BCUT2D eigenvalue weighted by Gasteiger charge is 2.52. The average Bonchev–Trinajstić information content (AvgIpc) is 3.08. The lowest BCUT2D eigenvalue weighted by atomic mass is 10.1. The number of benzene rings is 1. The van der Waals surface area contributed by atoms with Gasteiger partial charge in [-0.3, -0.25) is 10.2 Å². The van der Waals surface area contributed by atoms with Crippen molar-refractivity contribution in [1.82, 2.24) is 10.6 Å². The average molecular weight is 368 g/mol. The molecule has 0 radical (unpaired) electrons. The Hall–Kier alpha value is -2.46. The summed E-state index contributed by atoms with van der Waals surface area (Å²) in [5.41, 5.74) is 0.579. The van der Waals surface area contributed by atoms with Crippen LogP contribution in [0.25, 0.3) is 0 Å². The molecule has 25 heavy (non-hydrogen) atoms. The van der Waals surface area contributed by atoms with Gasteiger partial charge in [0.15, 0.2) is 11.9 Å². The van der Waals surface area contributed by atoms with Crippen molar-refractivity contribution in [2.45, 2.75) is 18.8 Å². The fraction of sp³-hybridized carbons (Fsp3) is 0.400. The number of ether oxygens (including phenoxy) is 2. The lowest BCUT2D eigenvalue weighted by Gasteiger charge is -2.35. The smallest absolute Gasteiger partial charge is 0.418 e. The molecule has 2 fully saturated rings. The molecule has 0 bridgehead atoms. The summed E-state index contributed by atoms with van der Waals surface area (Å²) in [7, 11) is 1.63. The largest absolute Gasteiger partial charge is 0.447 e. The van der Waals surface area contributed by atoms with Gasteiger partial charge >= 0.3 is 12.2 Å². The maximum atomic E-state index is 14.6. The highest BCUT2D eigenvalue weighted by Crippen LogP contribution is 2.35. The Kier molecular flexibility index (Phi) is 4.48. The van der Waals surface area contributed by atoms with Crippen LogP contribution in [-0.2, 0) is 9.47 Å². The fourth-order valence-corrected chi connectivity index (χ4v) is 3.25. The first kappa shape index (κ1) is 17.4. The van der Waals surface area contributed by atoms with Crippen LogP contribution in [0, 0.1) is 5.82 Å². The van der Waals surface area contributed by atoms with E-state index >= 15 is 0 Å². The number of carbonyl (C=O) groups excluding carboxylic acids is 2. The summed E-state index contributed by atoms with van der Waals surface area (Å²) < 4.78 is 24.7. The Morgan fingerprint density at radius 2 is 2.16 bits per heavy atom. The standard InChI is InChI=1S/C15H17FN4O4S/c1-15(18-8-25)12(17-2)24-14(22)20(15)9-3-4-11(10(16)7-9)19-5-6-23-13(19)21/h3-4,7-8,12,17H,5-6H2,1-2H3,(H,18,25). The van der Waals surface area contributed by atoms with Crippen LogP contribution in [0.3, 0.4) is 0 Å². The van der Waals surface area contributed by atoms with Crippen molar-refractivity contribution in [3.05, 3.63) is 24.0 Å². The number of thiocarbonyl (C=S) groups is 1. The summed E-state index contributed by atoms with van der Waals surface area (Å²) in [6.07, 6.45) is -1.95. The first-order valence-corrected chi connectivity index (χ1v) is 8.03. The van der Waals surface area contributed by atoms with E-state index in [-0.39, 0.29) is 24.5 Å². The number of hydrogen-bond donors (Lipinski definition) is 2. The SMILES string of the molecule is CNC1OC(=O)N(c2ccc(N3CCOC3=O)c(F)c2)C1(C)NC=S. The molecule has 0 saturated carbocycles. The number of rotatable bonds is 5. The number of hydrogen-bond acceptors (Lipinski definition) is 6. The molecule has 2 unspecified atom stereocenters. The van der Waals surface area contributed by atoms with Crippen molar-refractivity contribution in [3.63, 3.8) is 0 Å². The maximum absolute atomic E-state index is 14.6. The van der Waals surface area contributed by atoms with Gasteiger partial charge in [-0.25, -0.2) is 18.9 Å². The number of cyclic esters (lactones) is 2. The van der Waals surface area contributed by atoms with E-state index in [1.807, 2.05) is 0 Å². The number of halogens is 1. The minimum absolute atomic E-state index is 0.0912. The molecule has 0 aliphatic carbocycles. The second kappa shape index (κ2) is 6.45. The first-order valence-electron chi connectivity index (χ1n) is 7.55. The molecular formula is C15H17FN4O4S. The van der Waals surface area contributed by atoms with E-state index in [9.17, 15) is 14.0 Å². The van der Waals surface area contributed by atoms with Gasteiger partial charge in [0, 0.05) is 0 Å². The number of nitrogens with one attached hydrogen (secondary N) is 2. The van der Waals surface area contributed by atoms with E-state index in [2.05, 4.69) is 10.6 Å². The topological polar surface area (TPSA) is 83.1 Å². The minimum atomic E-state index is -1.05. The second-order valence-electron chi connectivity index (χ2n) is 5.70. The Labute approximate surface area is 148 Å². The Balaban J connectivity index is 1.97. The molecule has 2 amide bonds. The Morgan fingerprint density at radius 3 is 2.72 bits per heavy atom. The van der Waals surface area contributed by atoms with Gasteiger partial charge in [0.25, 0.3) is 0 Å². The summed E-state index contributed by atoms with van der Waals surface area (Å²) in [5.74, 6) is -0.651. The highest BCUT2D eigenvalue weighted by molar-refractivity contribution is 7.78. The first-order chi connectivity index (χ1) is 11.9. The molecule has 2 saturated heterocycles. The van der Waals surface area contributed by atoms with E-state index < -0.39 is 29.9 Å². The van der Waals surface area contributed by atoms with E-state index in [1.54, 1.807) is 14.0 Å². The van der Waals surface area contributed by atoms with Crippen LogP contribution in [0.4, 0.5) is 25.4 Å². The molecule has 2 aliphatic rings. The number of anilines is 2. The van der Waals surface area contributed by atoms with Crippen LogP contribution in [0.5, 0.6) is 0 Å². The molecule has 2 heterocycles. The normalized spacial score (nSPS) is 25.8. The van der Waals surface area contributed by atoms with Gasteiger partial charge in [0.1, 0.15) is 12.4 Å². The molecule has 3 rings (SSSR count). The molecule has 134 valence electrons. The van der Waals surface area contributed by atoms with Gasteiger partial charge in [-0.1, -0.05) is 12.2 Å². The Morgan fingerprint density at radius 1 is 1.40 bits per heavy atom. The summed E-state index contributed by atoms with van der Waals surface area (Å²) in [6.45, 7) is 2.18. The molecule has 10 heteroatoms. The predicted molar refractivity (Wildman–Crippen MR) is 92.1 cm³/mol. The van der Waals surface area contributed by atoms with Crippen molar-refractivity contribution >= 4 is 41.3 Å². The van der Waals surface area contributed by atoms with Crippen LogP contribution < -0.4 is 20.4 Å². The third-order valence-corrected chi connectivity index (χ3v) is 4.35. The van der Waals surface area contributed by atoms with Crippen LogP contribution in [-0.4, -0.2) is 49.8 Å². The quantitative estimate of drug-likeness (QED) is 0.763. The zero-order valence-electron chi connectivity index (χ0n) is 13.6. The lowest BCUT2D eigenvalue weighted by molar-refractivity contribution is 0.0899. The van der Waals surface area contributed by atoms with Crippen molar-refractivity contribution in [2.75, 3.05) is 30.0 Å². The zero-order chi connectivity index (χ0) is 18.2. The van der Waals surface area contributed by atoms with E-state index in [0.29, 0.717) is 0 Å². The zero-order valence-corrected chi connectivity index (χ0v) is 14.4. The maximum Gasteiger partial charge on any atom is 0.418 e. The molecule has 0 aromatic heterocycles. The van der Waals surface area contributed by atoms with E-state index in [0.717, 1.165) is 0 Å². The van der Waals surface area contributed by atoms with Crippen LogP contribution in [0.2, 0.25) is 0 Å². The fourth-order valence-electron chi connectivity index (χ4n) is 3.01. The molecule has 1 aromatic rings. The summed E-state index contributed by atoms with van der Waals surface area (Å²) in [4.78, 5) is 26.4. The van der Waals surface area contributed by atoms with Gasteiger partial charge in [-0.2, -0.15) is 0 Å². The summed E-state index contributed by atoms with van der Waals surface area (Å²) in [5, 5.41) is 5.77. The van der Waals surface area contributed by atoms with Gasteiger partial charge in [-0.15, -0.1) is 0 Å². The van der Waals surface area contributed by atoms with Crippen LogP contribution in [0.1, 0.15) is 6.92 Å². The molecule has 2 aliphatic heterocycles. The summed E-state index contributed by atoms with van der Waals surface area (Å²) in [6, 6.07) is 4.13. The molecule has 2 atom stereocenters. The number of amides is 2. The van der Waals surface area contributed by atoms with Gasteiger partial charge < -0.3 is 14.8 Å². The van der Waals surface area contributed by atoms with Crippen molar-refractivity contribution < 1.29 is 23.5 Å². The van der Waals surface area contributed by atoms with Gasteiger partial charge in [0.2, 0.25) is 0 Å². The Bertz CT molecular complexity index is 733. The second-order valence-corrected chi connectivity index (χ2v) is 5.94. The number of nitrogens with zero attached hydrogens (tertiary/aromatic N) is 2. The van der Waals surface area contributed by atoms with Crippen LogP contribution >= 0.6 is 12.2 Å². The van der Waals surface area contributed by atoms with Gasteiger partial charge in [-0.05, 0) is 32.2 Å². The lowest BCUT2D eigenvalue weighted by Crippen LogP contribution is -2.62. The van der Waals surface area contributed by atoms with E-state index in [1.165, 1.54) is 33.5 Å². The van der Waals surface area contributed by atoms with Crippen molar-refractivity contribution in [3.8, 4) is 0 Å². The predicted octanol–water partition coefficient (Wildman–Crippen LogP) is 1.55. The molecule has 1 aromatic carbocycles. The number of likely N-dealkylation sites (N-methyl/N-ethyl adjacent to an activating group) is 1. The van der Waals surface area contributed by atoms with Crippen molar-refractivity contribution in [2.24, 2.45) is 0 Å². The molecule has 8 nitrogen and oxygen atoms in total. The van der Waals surface area contributed by atoms with Crippen molar-refractivity contribution in [1.29, 1.82) is 0 Å².